The number of likely N-dealkylation sites (N-methyl/N-ethyl adjacent to an activating group) is 1. The third-order valence-electron chi connectivity index (χ3n) is 4.00. The molecule has 3 aromatic rings. The van der Waals surface area contributed by atoms with Gasteiger partial charge in [0.05, 0.1) is 18.7 Å². The molecule has 0 saturated heterocycles. The van der Waals surface area contributed by atoms with Crippen molar-refractivity contribution in [2.24, 2.45) is 0 Å². The van der Waals surface area contributed by atoms with Crippen LogP contribution in [0, 0.1) is 0 Å². The first-order chi connectivity index (χ1) is 14.0. The van der Waals surface area contributed by atoms with Crippen LogP contribution in [0.3, 0.4) is 0 Å². The van der Waals surface area contributed by atoms with Gasteiger partial charge in [-0.3, -0.25) is 9.59 Å². The number of benzene rings is 2. The Bertz CT molecular complexity index is 1020. The number of tetrazole rings is 1. The number of anilines is 1. The van der Waals surface area contributed by atoms with Crippen LogP contribution in [0.4, 0.5) is 5.69 Å². The number of aromatic nitrogens is 4. The van der Waals surface area contributed by atoms with Crippen LogP contribution < -0.4 is 10.1 Å². The fraction of sp³-hybridized carbons (Fsp3) is 0.211. The van der Waals surface area contributed by atoms with Gasteiger partial charge in [-0.15, -0.1) is 10.2 Å². The number of rotatable bonds is 7. The molecule has 0 saturated carbocycles. The lowest BCUT2D eigenvalue weighted by Gasteiger charge is -2.16. The highest BCUT2D eigenvalue weighted by atomic mass is 35.5. The third kappa shape index (κ3) is 5.29. The molecule has 0 radical (unpaired) electrons. The number of ether oxygens (including phenoxy) is 1. The van der Waals surface area contributed by atoms with Crippen molar-refractivity contribution in [2.45, 2.75) is 6.54 Å². The average Bonchev–Trinajstić information content (AvgIpc) is 3.16. The van der Waals surface area contributed by atoms with Crippen LogP contribution in [-0.2, 0) is 16.1 Å². The van der Waals surface area contributed by atoms with Gasteiger partial charge in [0.25, 0.3) is 0 Å². The number of halogens is 1. The minimum atomic E-state index is -0.339. The molecule has 0 aliphatic carbocycles. The van der Waals surface area contributed by atoms with E-state index in [1.54, 1.807) is 49.6 Å². The maximum Gasteiger partial charge on any atom is 0.246 e. The van der Waals surface area contributed by atoms with Crippen molar-refractivity contribution in [2.75, 3.05) is 26.0 Å². The summed E-state index contributed by atoms with van der Waals surface area (Å²) < 4.78 is 5.12. The summed E-state index contributed by atoms with van der Waals surface area (Å²) in [6, 6.07) is 14.0. The van der Waals surface area contributed by atoms with Crippen LogP contribution >= 0.6 is 11.6 Å². The quantitative estimate of drug-likeness (QED) is 0.635. The van der Waals surface area contributed by atoms with Gasteiger partial charge in [0.1, 0.15) is 12.3 Å². The Morgan fingerprint density at radius 3 is 2.76 bits per heavy atom. The van der Waals surface area contributed by atoms with Crippen molar-refractivity contribution >= 4 is 29.1 Å². The predicted octanol–water partition coefficient (Wildman–Crippen LogP) is 2.10. The number of carbonyl (C=O) groups excluding carboxylic acids is 2. The van der Waals surface area contributed by atoms with E-state index in [2.05, 4.69) is 20.7 Å². The molecule has 29 heavy (non-hydrogen) atoms. The molecule has 2 amide bonds. The summed E-state index contributed by atoms with van der Waals surface area (Å²) >= 11 is 6.12. The van der Waals surface area contributed by atoms with Crippen molar-refractivity contribution in [1.82, 2.24) is 25.1 Å². The largest absolute Gasteiger partial charge is 0.497 e. The van der Waals surface area contributed by atoms with Gasteiger partial charge in [-0.25, -0.2) is 0 Å². The molecule has 10 heteroatoms. The fourth-order valence-electron chi connectivity index (χ4n) is 2.51. The number of carbonyl (C=O) groups is 2. The minimum absolute atomic E-state index is 0.123. The SMILES string of the molecule is COc1cccc(NC(=O)CN(C)C(=O)Cn2nnc(-c3ccccc3Cl)n2)c1. The molecule has 3 rings (SSSR count). The first kappa shape index (κ1) is 20.3. The van der Waals surface area contributed by atoms with Crippen LogP contribution in [-0.4, -0.2) is 57.6 Å². The van der Waals surface area contributed by atoms with Crippen LogP contribution in [0.2, 0.25) is 5.02 Å². The molecule has 1 N–H and O–H groups in total. The Labute approximate surface area is 172 Å². The highest BCUT2D eigenvalue weighted by Crippen LogP contribution is 2.23. The molecular formula is C19H19ClN6O3. The number of amides is 2. The van der Waals surface area contributed by atoms with E-state index < -0.39 is 0 Å². The van der Waals surface area contributed by atoms with Crippen LogP contribution in [0.15, 0.2) is 48.5 Å². The summed E-state index contributed by atoms with van der Waals surface area (Å²) in [6.07, 6.45) is 0. The number of nitrogens with zero attached hydrogens (tertiary/aromatic N) is 5. The van der Waals surface area contributed by atoms with Crippen molar-refractivity contribution in [3.05, 3.63) is 53.6 Å². The van der Waals surface area contributed by atoms with E-state index in [4.69, 9.17) is 16.3 Å². The molecular weight excluding hydrogens is 396 g/mol. The standard InChI is InChI=1S/C19H19ClN6O3/c1-25(11-17(27)21-13-6-5-7-14(10-13)29-2)18(28)12-26-23-19(22-24-26)15-8-3-4-9-16(15)20/h3-10H,11-12H2,1-2H3,(H,21,27). The average molecular weight is 415 g/mol. The molecule has 2 aromatic carbocycles. The summed E-state index contributed by atoms with van der Waals surface area (Å²) in [5.74, 6) is 0.270. The van der Waals surface area contributed by atoms with Gasteiger partial charge in [-0.2, -0.15) is 4.80 Å². The zero-order valence-electron chi connectivity index (χ0n) is 15.9. The van der Waals surface area contributed by atoms with Gasteiger partial charge in [-0.05, 0) is 29.5 Å². The van der Waals surface area contributed by atoms with Crippen molar-refractivity contribution in [3.8, 4) is 17.1 Å². The number of hydrogen-bond donors (Lipinski definition) is 1. The van der Waals surface area contributed by atoms with Gasteiger partial charge < -0.3 is 15.0 Å². The Hall–Kier alpha value is -3.46. The second-order valence-corrected chi connectivity index (χ2v) is 6.56. The Kier molecular flexibility index (Phi) is 6.40. The zero-order valence-corrected chi connectivity index (χ0v) is 16.6. The van der Waals surface area contributed by atoms with Crippen LogP contribution in [0.1, 0.15) is 0 Å². The first-order valence-electron chi connectivity index (χ1n) is 8.67. The molecule has 0 aliphatic heterocycles. The summed E-state index contributed by atoms with van der Waals surface area (Å²) in [5.41, 5.74) is 1.21. The van der Waals surface area contributed by atoms with E-state index in [0.717, 1.165) is 4.80 Å². The molecule has 0 unspecified atom stereocenters. The van der Waals surface area contributed by atoms with Gasteiger partial charge in [0.2, 0.25) is 17.6 Å². The Balaban J connectivity index is 1.56. The smallest absolute Gasteiger partial charge is 0.246 e. The summed E-state index contributed by atoms with van der Waals surface area (Å²) in [5, 5.41) is 15.2. The molecule has 9 nitrogen and oxygen atoms in total. The molecule has 1 aromatic heterocycles. The van der Waals surface area contributed by atoms with Gasteiger partial charge >= 0.3 is 0 Å². The van der Waals surface area contributed by atoms with Crippen molar-refractivity contribution < 1.29 is 14.3 Å². The van der Waals surface area contributed by atoms with E-state index in [0.29, 0.717) is 27.8 Å². The number of methoxy groups -OCH3 is 1. The number of hydrogen-bond acceptors (Lipinski definition) is 6. The molecule has 0 fully saturated rings. The zero-order chi connectivity index (χ0) is 20.8. The monoisotopic (exact) mass is 414 g/mol. The minimum Gasteiger partial charge on any atom is -0.497 e. The highest BCUT2D eigenvalue weighted by Gasteiger charge is 2.16. The predicted molar refractivity (Wildman–Crippen MR) is 108 cm³/mol. The lowest BCUT2D eigenvalue weighted by atomic mass is 10.2. The molecule has 0 atom stereocenters. The molecule has 1 heterocycles. The second kappa shape index (κ2) is 9.16. The molecule has 0 aliphatic rings. The van der Waals surface area contributed by atoms with E-state index in [-0.39, 0.29) is 24.9 Å². The molecule has 0 bridgehead atoms. The maximum atomic E-state index is 12.4. The topological polar surface area (TPSA) is 102 Å². The van der Waals surface area contributed by atoms with Crippen molar-refractivity contribution in [1.29, 1.82) is 0 Å². The Morgan fingerprint density at radius 2 is 2.00 bits per heavy atom. The summed E-state index contributed by atoms with van der Waals surface area (Å²) in [6.45, 7) is -0.275. The lowest BCUT2D eigenvalue weighted by molar-refractivity contribution is -0.134. The van der Waals surface area contributed by atoms with Gasteiger partial charge in [0.15, 0.2) is 0 Å². The lowest BCUT2D eigenvalue weighted by Crippen LogP contribution is -2.37. The highest BCUT2D eigenvalue weighted by molar-refractivity contribution is 6.33. The van der Waals surface area contributed by atoms with Crippen LogP contribution in [0.25, 0.3) is 11.4 Å². The van der Waals surface area contributed by atoms with Gasteiger partial charge in [0, 0.05) is 24.4 Å². The van der Waals surface area contributed by atoms with E-state index in [9.17, 15) is 9.59 Å². The summed E-state index contributed by atoms with van der Waals surface area (Å²) in [7, 11) is 3.07. The van der Waals surface area contributed by atoms with E-state index in [1.165, 1.54) is 11.9 Å². The fourth-order valence-corrected chi connectivity index (χ4v) is 2.73. The van der Waals surface area contributed by atoms with Gasteiger partial charge in [-0.1, -0.05) is 29.8 Å². The van der Waals surface area contributed by atoms with E-state index >= 15 is 0 Å². The summed E-state index contributed by atoms with van der Waals surface area (Å²) in [4.78, 5) is 27.0. The molecule has 150 valence electrons. The molecule has 0 spiro atoms. The second-order valence-electron chi connectivity index (χ2n) is 6.15. The van der Waals surface area contributed by atoms with Crippen LogP contribution in [0.5, 0.6) is 5.75 Å². The maximum absolute atomic E-state index is 12.4. The Morgan fingerprint density at radius 1 is 1.21 bits per heavy atom. The number of nitrogens with one attached hydrogen (secondary N) is 1. The van der Waals surface area contributed by atoms with E-state index in [1.807, 2.05) is 6.07 Å². The van der Waals surface area contributed by atoms with Crippen molar-refractivity contribution in [3.63, 3.8) is 0 Å². The first-order valence-corrected chi connectivity index (χ1v) is 9.04. The normalized spacial score (nSPS) is 10.4. The third-order valence-corrected chi connectivity index (χ3v) is 4.33.